The molecule has 112 valence electrons. The minimum Gasteiger partial charge on any atom is -0.496 e. The standard InChI is InChI=1S/C16H20FN3O/c1-5-8-18-16-15(19-10(2)11(3)20-16)13-9-12(17)6-7-14(13)21-4/h6-7,9H,5,8H2,1-4H3,(H,18,20). The van der Waals surface area contributed by atoms with Crippen LogP contribution in [0.4, 0.5) is 10.2 Å². The van der Waals surface area contributed by atoms with Crippen LogP contribution in [0.3, 0.4) is 0 Å². The van der Waals surface area contributed by atoms with Crippen LogP contribution in [0, 0.1) is 19.7 Å². The van der Waals surface area contributed by atoms with E-state index >= 15 is 0 Å². The molecule has 0 bridgehead atoms. The highest BCUT2D eigenvalue weighted by Crippen LogP contribution is 2.33. The Labute approximate surface area is 124 Å². The molecule has 0 radical (unpaired) electrons. The highest BCUT2D eigenvalue weighted by Gasteiger charge is 2.16. The number of halogens is 1. The number of nitrogens with zero attached hydrogens (tertiary/aromatic N) is 2. The molecule has 0 aliphatic carbocycles. The predicted molar refractivity (Wildman–Crippen MR) is 82.2 cm³/mol. The number of rotatable bonds is 5. The first-order chi connectivity index (χ1) is 10.1. The summed E-state index contributed by atoms with van der Waals surface area (Å²) in [5.74, 6) is 0.907. The Morgan fingerprint density at radius 2 is 1.90 bits per heavy atom. The predicted octanol–water partition coefficient (Wildman–Crippen LogP) is 3.73. The van der Waals surface area contributed by atoms with Crippen LogP contribution >= 0.6 is 0 Å². The van der Waals surface area contributed by atoms with Gasteiger partial charge >= 0.3 is 0 Å². The second-order valence-corrected chi connectivity index (χ2v) is 4.86. The van der Waals surface area contributed by atoms with Crippen LogP contribution < -0.4 is 10.1 Å². The largest absolute Gasteiger partial charge is 0.496 e. The summed E-state index contributed by atoms with van der Waals surface area (Å²) in [7, 11) is 1.56. The lowest BCUT2D eigenvalue weighted by molar-refractivity contribution is 0.415. The molecule has 4 nitrogen and oxygen atoms in total. The molecule has 0 spiro atoms. The van der Waals surface area contributed by atoms with Crippen LogP contribution in [0.15, 0.2) is 18.2 Å². The summed E-state index contributed by atoms with van der Waals surface area (Å²) in [6.45, 7) is 6.65. The Balaban J connectivity index is 2.61. The van der Waals surface area contributed by atoms with Gasteiger partial charge in [0.1, 0.15) is 17.3 Å². The molecule has 2 rings (SSSR count). The Kier molecular flexibility index (Phi) is 4.73. The Morgan fingerprint density at radius 1 is 1.19 bits per heavy atom. The molecule has 0 atom stereocenters. The molecule has 0 aliphatic heterocycles. The van der Waals surface area contributed by atoms with Gasteiger partial charge < -0.3 is 10.1 Å². The van der Waals surface area contributed by atoms with E-state index in [2.05, 4.69) is 22.2 Å². The summed E-state index contributed by atoms with van der Waals surface area (Å²) in [5, 5.41) is 3.25. The third kappa shape index (κ3) is 3.29. The van der Waals surface area contributed by atoms with Crippen LogP contribution in [-0.2, 0) is 0 Å². The van der Waals surface area contributed by atoms with Crippen LogP contribution in [0.2, 0.25) is 0 Å². The molecule has 1 aromatic carbocycles. The van der Waals surface area contributed by atoms with Crippen molar-refractivity contribution < 1.29 is 9.13 Å². The number of methoxy groups -OCH3 is 1. The van der Waals surface area contributed by atoms with Crippen molar-refractivity contribution >= 4 is 5.82 Å². The van der Waals surface area contributed by atoms with Gasteiger partial charge in [-0.15, -0.1) is 0 Å². The fourth-order valence-electron chi connectivity index (χ4n) is 2.02. The van der Waals surface area contributed by atoms with Gasteiger partial charge in [-0.05, 0) is 38.5 Å². The van der Waals surface area contributed by atoms with Gasteiger partial charge in [-0.1, -0.05) is 6.92 Å². The molecule has 21 heavy (non-hydrogen) atoms. The molecule has 0 unspecified atom stereocenters. The van der Waals surface area contributed by atoms with Gasteiger partial charge in [0.25, 0.3) is 0 Å². The number of anilines is 1. The van der Waals surface area contributed by atoms with E-state index in [1.54, 1.807) is 13.2 Å². The van der Waals surface area contributed by atoms with Crippen LogP contribution in [0.25, 0.3) is 11.3 Å². The molecule has 0 fully saturated rings. The average Bonchev–Trinajstić information content (AvgIpc) is 2.48. The average molecular weight is 289 g/mol. The quantitative estimate of drug-likeness (QED) is 0.911. The summed E-state index contributed by atoms with van der Waals surface area (Å²) in [4.78, 5) is 9.11. The SMILES string of the molecule is CCCNc1nc(C)c(C)nc1-c1cc(F)ccc1OC. The summed E-state index contributed by atoms with van der Waals surface area (Å²) in [5.41, 5.74) is 2.89. The van der Waals surface area contributed by atoms with E-state index < -0.39 is 0 Å². The number of nitrogens with one attached hydrogen (secondary N) is 1. The normalized spacial score (nSPS) is 10.5. The van der Waals surface area contributed by atoms with Crippen molar-refractivity contribution in [2.75, 3.05) is 19.0 Å². The third-order valence-electron chi connectivity index (χ3n) is 3.27. The first-order valence-corrected chi connectivity index (χ1v) is 6.99. The van der Waals surface area contributed by atoms with E-state index in [4.69, 9.17) is 4.74 Å². The smallest absolute Gasteiger partial charge is 0.153 e. The van der Waals surface area contributed by atoms with Gasteiger partial charge in [-0.3, -0.25) is 0 Å². The minimum absolute atomic E-state index is 0.327. The van der Waals surface area contributed by atoms with Gasteiger partial charge in [-0.25, -0.2) is 14.4 Å². The molecule has 1 heterocycles. The van der Waals surface area contributed by atoms with Crippen molar-refractivity contribution in [3.63, 3.8) is 0 Å². The summed E-state index contributed by atoms with van der Waals surface area (Å²) in [6, 6.07) is 4.40. The van der Waals surface area contributed by atoms with Crippen LogP contribution in [0.5, 0.6) is 5.75 Å². The maximum absolute atomic E-state index is 13.6. The topological polar surface area (TPSA) is 47.0 Å². The van der Waals surface area contributed by atoms with Crippen LogP contribution in [0.1, 0.15) is 24.7 Å². The van der Waals surface area contributed by atoms with E-state index in [1.165, 1.54) is 12.1 Å². The van der Waals surface area contributed by atoms with Crippen molar-refractivity contribution in [1.29, 1.82) is 0 Å². The van der Waals surface area contributed by atoms with Gasteiger partial charge in [0, 0.05) is 12.1 Å². The molecule has 0 aliphatic rings. The highest BCUT2D eigenvalue weighted by molar-refractivity contribution is 5.76. The second-order valence-electron chi connectivity index (χ2n) is 4.86. The minimum atomic E-state index is -0.327. The lowest BCUT2D eigenvalue weighted by atomic mass is 10.1. The zero-order valence-corrected chi connectivity index (χ0v) is 12.8. The van der Waals surface area contributed by atoms with E-state index in [-0.39, 0.29) is 5.82 Å². The number of hydrogen-bond donors (Lipinski definition) is 1. The lowest BCUT2D eigenvalue weighted by Crippen LogP contribution is -2.08. The monoisotopic (exact) mass is 289 g/mol. The Morgan fingerprint density at radius 3 is 2.57 bits per heavy atom. The van der Waals surface area contributed by atoms with E-state index in [0.717, 1.165) is 24.4 Å². The molecule has 0 saturated heterocycles. The fraction of sp³-hybridized carbons (Fsp3) is 0.375. The molecule has 0 saturated carbocycles. The van der Waals surface area contributed by atoms with Crippen LogP contribution in [-0.4, -0.2) is 23.6 Å². The number of benzene rings is 1. The highest BCUT2D eigenvalue weighted by atomic mass is 19.1. The zero-order valence-electron chi connectivity index (χ0n) is 12.8. The molecule has 5 heteroatoms. The molecular formula is C16H20FN3O. The molecule has 1 N–H and O–H groups in total. The summed E-state index contributed by atoms with van der Waals surface area (Å²) in [6.07, 6.45) is 0.967. The first kappa shape index (κ1) is 15.2. The number of aryl methyl sites for hydroxylation is 2. The maximum Gasteiger partial charge on any atom is 0.153 e. The van der Waals surface area contributed by atoms with E-state index in [9.17, 15) is 4.39 Å². The van der Waals surface area contributed by atoms with Gasteiger partial charge in [0.2, 0.25) is 0 Å². The lowest BCUT2D eigenvalue weighted by Gasteiger charge is -2.14. The molecule has 2 aromatic rings. The van der Waals surface area contributed by atoms with Gasteiger partial charge in [-0.2, -0.15) is 0 Å². The zero-order chi connectivity index (χ0) is 15.4. The van der Waals surface area contributed by atoms with E-state index in [0.29, 0.717) is 22.8 Å². The van der Waals surface area contributed by atoms with Gasteiger partial charge in [0.15, 0.2) is 5.82 Å². The maximum atomic E-state index is 13.6. The molecule has 1 aromatic heterocycles. The van der Waals surface area contributed by atoms with Crippen molar-refractivity contribution in [2.24, 2.45) is 0 Å². The third-order valence-corrected chi connectivity index (χ3v) is 3.27. The number of aromatic nitrogens is 2. The number of ether oxygens (including phenoxy) is 1. The second kappa shape index (κ2) is 6.52. The van der Waals surface area contributed by atoms with Crippen molar-refractivity contribution in [1.82, 2.24) is 9.97 Å². The van der Waals surface area contributed by atoms with Crippen molar-refractivity contribution in [2.45, 2.75) is 27.2 Å². The molecule has 0 amide bonds. The summed E-state index contributed by atoms with van der Waals surface area (Å²) >= 11 is 0. The first-order valence-electron chi connectivity index (χ1n) is 6.99. The molecular weight excluding hydrogens is 269 g/mol. The van der Waals surface area contributed by atoms with Gasteiger partial charge in [0.05, 0.1) is 18.5 Å². The van der Waals surface area contributed by atoms with E-state index in [1.807, 2.05) is 13.8 Å². The Hall–Kier alpha value is -2.17. The summed E-state index contributed by atoms with van der Waals surface area (Å²) < 4.78 is 18.9. The van der Waals surface area contributed by atoms with Crippen molar-refractivity contribution in [3.05, 3.63) is 35.4 Å². The van der Waals surface area contributed by atoms with Crippen molar-refractivity contribution in [3.8, 4) is 17.0 Å². The number of hydrogen-bond acceptors (Lipinski definition) is 4. The fourth-order valence-corrected chi connectivity index (χ4v) is 2.02. The Bertz CT molecular complexity index is 644.